The molecule has 144 valence electrons. The Hall–Kier alpha value is -1.44. The number of nitrogens with one attached hydrogen (secondary N) is 1. The number of carbonyl (C=O) groups is 1. The highest BCUT2D eigenvalue weighted by Crippen LogP contribution is 2.35. The number of fused-ring (bicyclic) bond motifs is 1. The summed E-state index contributed by atoms with van der Waals surface area (Å²) in [5.41, 5.74) is 2.30. The first-order valence-corrected chi connectivity index (χ1v) is 9.82. The minimum atomic E-state index is -0.0701. The number of aryl methyl sites for hydroxylation is 2. The number of carbonyl (C=O) groups excluding carboxylic acids is 1. The number of likely N-dealkylation sites (tertiary alicyclic amines) is 1. The summed E-state index contributed by atoms with van der Waals surface area (Å²) in [7, 11) is 1.95. The molecule has 4 heterocycles. The highest BCUT2D eigenvalue weighted by molar-refractivity contribution is 5.80. The van der Waals surface area contributed by atoms with Gasteiger partial charge in [0.1, 0.15) is 0 Å². The Morgan fingerprint density at radius 3 is 2.85 bits per heavy atom. The van der Waals surface area contributed by atoms with Crippen molar-refractivity contribution in [1.29, 1.82) is 0 Å². The Morgan fingerprint density at radius 1 is 1.31 bits per heavy atom. The normalized spacial score (nSPS) is 29.8. The van der Waals surface area contributed by atoms with Gasteiger partial charge in [0, 0.05) is 64.3 Å². The van der Waals surface area contributed by atoms with E-state index in [0.29, 0.717) is 12.0 Å². The van der Waals surface area contributed by atoms with Crippen LogP contribution in [0.2, 0.25) is 0 Å². The molecule has 0 spiro atoms. The van der Waals surface area contributed by atoms with Gasteiger partial charge in [-0.3, -0.25) is 14.4 Å². The smallest absolute Gasteiger partial charge is 0.227 e. The largest absolute Gasteiger partial charge is 0.381 e. The summed E-state index contributed by atoms with van der Waals surface area (Å²) >= 11 is 0. The van der Waals surface area contributed by atoms with Crippen molar-refractivity contribution in [3.63, 3.8) is 0 Å². The lowest BCUT2D eigenvalue weighted by atomic mass is 9.98. The third-order valence-electron chi connectivity index (χ3n) is 6.13. The van der Waals surface area contributed by atoms with Crippen molar-refractivity contribution in [2.75, 3.05) is 32.9 Å². The van der Waals surface area contributed by atoms with Gasteiger partial charge in [-0.1, -0.05) is 0 Å². The molecule has 0 unspecified atom stereocenters. The molecule has 1 N–H and O–H groups in total. The van der Waals surface area contributed by atoms with Crippen molar-refractivity contribution in [2.24, 2.45) is 18.9 Å². The molecule has 0 radical (unpaired) electrons. The van der Waals surface area contributed by atoms with E-state index in [1.165, 1.54) is 5.56 Å². The van der Waals surface area contributed by atoms with Crippen molar-refractivity contribution >= 4 is 5.91 Å². The van der Waals surface area contributed by atoms with Gasteiger partial charge in [0.05, 0.1) is 17.7 Å². The molecule has 7 nitrogen and oxygen atoms in total. The molecule has 0 bridgehead atoms. The summed E-state index contributed by atoms with van der Waals surface area (Å²) in [6.07, 6.45) is 5.20. The molecule has 3 aliphatic rings. The lowest BCUT2D eigenvalue weighted by Crippen LogP contribution is -2.40. The summed E-state index contributed by atoms with van der Waals surface area (Å²) < 4.78 is 13.2. The van der Waals surface area contributed by atoms with Crippen LogP contribution in [0.25, 0.3) is 0 Å². The minimum Gasteiger partial charge on any atom is -0.381 e. The topological polar surface area (TPSA) is 68.6 Å². The molecule has 0 aliphatic carbocycles. The molecule has 0 aromatic carbocycles. The van der Waals surface area contributed by atoms with Crippen LogP contribution < -0.4 is 5.32 Å². The fourth-order valence-electron chi connectivity index (χ4n) is 4.63. The predicted molar refractivity (Wildman–Crippen MR) is 96.5 cm³/mol. The number of rotatable bonds is 5. The first-order chi connectivity index (χ1) is 12.6. The fraction of sp³-hybridized carbons (Fsp3) is 0.789. The molecule has 3 saturated heterocycles. The molecule has 3 fully saturated rings. The Morgan fingerprint density at radius 2 is 2.12 bits per heavy atom. The Kier molecular flexibility index (Phi) is 5.29. The molecule has 1 aromatic rings. The molecule has 26 heavy (non-hydrogen) atoms. The van der Waals surface area contributed by atoms with Crippen LogP contribution in [0.15, 0.2) is 6.20 Å². The van der Waals surface area contributed by atoms with E-state index in [4.69, 9.17) is 9.47 Å². The SMILES string of the molecule is Cc1nn(C)cc1CN1C[C@H](C(=O)NCC2CCOCC2)[C@H]2OCC[C@H]21. The molecule has 3 atom stereocenters. The number of nitrogens with zero attached hydrogens (tertiary/aromatic N) is 3. The summed E-state index contributed by atoms with van der Waals surface area (Å²) in [6.45, 7) is 6.80. The maximum atomic E-state index is 12.8. The van der Waals surface area contributed by atoms with Gasteiger partial charge in [-0.25, -0.2) is 0 Å². The van der Waals surface area contributed by atoms with Crippen LogP contribution in [-0.2, 0) is 27.9 Å². The summed E-state index contributed by atoms with van der Waals surface area (Å²) in [5.74, 6) is 0.627. The highest BCUT2D eigenvalue weighted by Gasteiger charge is 2.48. The van der Waals surface area contributed by atoms with Gasteiger partial charge in [0.15, 0.2) is 0 Å². The van der Waals surface area contributed by atoms with E-state index in [2.05, 4.69) is 21.5 Å². The van der Waals surface area contributed by atoms with Crippen molar-refractivity contribution < 1.29 is 14.3 Å². The molecule has 1 aromatic heterocycles. The molecular formula is C19H30N4O3. The van der Waals surface area contributed by atoms with E-state index < -0.39 is 0 Å². The average Bonchev–Trinajstić information content (AvgIpc) is 3.31. The van der Waals surface area contributed by atoms with Crippen LogP contribution in [0.1, 0.15) is 30.5 Å². The number of hydrogen-bond donors (Lipinski definition) is 1. The summed E-state index contributed by atoms with van der Waals surface area (Å²) in [4.78, 5) is 15.3. The van der Waals surface area contributed by atoms with E-state index in [1.54, 1.807) is 0 Å². The second-order valence-electron chi connectivity index (χ2n) is 7.94. The van der Waals surface area contributed by atoms with Crippen LogP contribution >= 0.6 is 0 Å². The Balaban J connectivity index is 1.37. The van der Waals surface area contributed by atoms with Gasteiger partial charge < -0.3 is 14.8 Å². The number of amides is 1. The zero-order valence-electron chi connectivity index (χ0n) is 15.8. The zero-order chi connectivity index (χ0) is 18.1. The van der Waals surface area contributed by atoms with Crippen molar-refractivity contribution in [3.05, 3.63) is 17.5 Å². The first-order valence-electron chi connectivity index (χ1n) is 9.82. The maximum Gasteiger partial charge on any atom is 0.227 e. The van der Waals surface area contributed by atoms with Gasteiger partial charge in [0.25, 0.3) is 0 Å². The van der Waals surface area contributed by atoms with E-state index in [0.717, 1.165) is 64.4 Å². The van der Waals surface area contributed by atoms with Crippen LogP contribution in [-0.4, -0.2) is 65.6 Å². The molecule has 3 aliphatic heterocycles. The van der Waals surface area contributed by atoms with Gasteiger partial charge in [-0.15, -0.1) is 0 Å². The summed E-state index contributed by atoms with van der Waals surface area (Å²) in [5, 5.41) is 7.63. The monoisotopic (exact) mass is 362 g/mol. The molecule has 4 rings (SSSR count). The van der Waals surface area contributed by atoms with Crippen LogP contribution in [0.5, 0.6) is 0 Å². The van der Waals surface area contributed by atoms with Crippen molar-refractivity contribution in [2.45, 2.75) is 44.9 Å². The third-order valence-corrected chi connectivity index (χ3v) is 6.13. The van der Waals surface area contributed by atoms with E-state index in [1.807, 2.05) is 18.7 Å². The van der Waals surface area contributed by atoms with Crippen LogP contribution in [0, 0.1) is 18.8 Å². The number of aromatic nitrogens is 2. The lowest BCUT2D eigenvalue weighted by molar-refractivity contribution is -0.128. The van der Waals surface area contributed by atoms with Crippen LogP contribution in [0.3, 0.4) is 0 Å². The van der Waals surface area contributed by atoms with Gasteiger partial charge in [-0.2, -0.15) is 5.10 Å². The minimum absolute atomic E-state index is 0.0293. The van der Waals surface area contributed by atoms with Crippen LogP contribution in [0.4, 0.5) is 0 Å². The molecular weight excluding hydrogens is 332 g/mol. The van der Waals surface area contributed by atoms with Gasteiger partial charge in [0.2, 0.25) is 5.91 Å². The van der Waals surface area contributed by atoms with E-state index >= 15 is 0 Å². The maximum absolute atomic E-state index is 12.8. The number of hydrogen-bond acceptors (Lipinski definition) is 5. The summed E-state index contributed by atoms with van der Waals surface area (Å²) in [6, 6.07) is 0.341. The van der Waals surface area contributed by atoms with E-state index in [9.17, 15) is 4.79 Å². The third kappa shape index (κ3) is 3.66. The molecule has 7 heteroatoms. The highest BCUT2D eigenvalue weighted by atomic mass is 16.5. The van der Waals surface area contributed by atoms with Gasteiger partial charge in [-0.05, 0) is 32.1 Å². The average molecular weight is 362 g/mol. The van der Waals surface area contributed by atoms with E-state index in [-0.39, 0.29) is 17.9 Å². The first kappa shape index (κ1) is 17.9. The predicted octanol–water partition coefficient (Wildman–Crippen LogP) is 0.861. The zero-order valence-corrected chi connectivity index (χ0v) is 15.8. The Bertz CT molecular complexity index is 641. The molecule has 1 amide bonds. The second kappa shape index (κ2) is 7.66. The van der Waals surface area contributed by atoms with Crippen molar-refractivity contribution in [3.8, 4) is 0 Å². The lowest BCUT2D eigenvalue weighted by Gasteiger charge is -2.23. The fourth-order valence-corrected chi connectivity index (χ4v) is 4.63. The quantitative estimate of drug-likeness (QED) is 0.841. The van der Waals surface area contributed by atoms with Crippen molar-refractivity contribution in [1.82, 2.24) is 20.0 Å². The van der Waals surface area contributed by atoms with Gasteiger partial charge >= 0.3 is 0 Å². The standard InChI is InChI=1S/C19H30N4O3/c1-13-15(10-22(2)21-13)11-23-12-16(18-17(23)5-8-26-18)19(24)20-9-14-3-6-25-7-4-14/h10,14,16-18H,3-9,11-12H2,1-2H3,(H,20,24)/t16-,17+,18+/m0/s1. The number of ether oxygens (including phenoxy) is 2. The second-order valence-corrected chi connectivity index (χ2v) is 7.94. The molecule has 0 saturated carbocycles. The Labute approximate surface area is 155 Å².